The third-order valence-corrected chi connectivity index (χ3v) is 8.17. The molecule has 0 radical (unpaired) electrons. The van der Waals surface area contributed by atoms with E-state index in [0.717, 1.165) is 10.9 Å². The first-order chi connectivity index (χ1) is 17.3. The summed E-state index contributed by atoms with van der Waals surface area (Å²) in [4.78, 5) is 11.7. The summed E-state index contributed by atoms with van der Waals surface area (Å²) in [6.07, 6.45) is 3.98. The molecule has 1 aliphatic rings. The van der Waals surface area contributed by atoms with Crippen LogP contribution in [0.25, 0.3) is 22.3 Å². The van der Waals surface area contributed by atoms with Gasteiger partial charge in [-0.05, 0) is 38.6 Å². The summed E-state index contributed by atoms with van der Waals surface area (Å²) in [7, 11) is 1.47. The van der Waals surface area contributed by atoms with Crippen molar-refractivity contribution in [2.75, 3.05) is 54.1 Å². The third-order valence-electron chi connectivity index (χ3n) is 6.28. The average Bonchev–Trinajstić information content (AvgIpc) is 2.89. The lowest BCUT2D eigenvalue weighted by Gasteiger charge is -2.31. The minimum absolute atomic E-state index is 0.184. The monoisotopic (exact) mass is 512 g/mol. The molecule has 0 atom stereocenters. The van der Waals surface area contributed by atoms with E-state index in [9.17, 15) is 8.42 Å². The van der Waals surface area contributed by atoms with Crippen LogP contribution in [-0.2, 0) is 16.4 Å². The number of sulfonamides is 1. The van der Waals surface area contributed by atoms with Crippen molar-refractivity contribution in [3.05, 3.63) is 48.7 Å². The van der Waals surface area contributed by atoms with Gasteiger partial charge in [-0.25, -0.2) is 18.4 Å². The summed E-state index contributed by atoms with van der Waals surface area (Å²) in [6, 6.07) is 6.66. The molecule has 0 amide bonds. The van der Waals surface area contributed by atoms with Gasteiger partial charge in [0.2, 0.25) is 10.0 Å². The molecule has 0 spiro atoms. The van der Waals surface area contributed by atoms with Crippen LogP contribution in [-0.4, -0.2) is 81.6 Å². The van der Waals surface area contributed by atoms with E-state index in [4.69, 9.17) is 19.2 Å². The molecule has 192 valence electrons. The van der Waals surface area contributed by atoms with Crippen LogP contribution in [0.2, 0.25) is 0 Å². The van der Waals surface area contributed by atoms with Crippen molar-refractivity contribution in [3.8, 4) is 28.6 Å². The van der Waals surface area contributed by atoms with E-state index >= 15 is 0 Å². The number of piperazine rings is 1. The van der Waals surface area contributed by atoms with Crippen LogP contribution in [0.5, 0.6) is 17.2 Å². The molecule has 1 aliphatic heterocycles. The molecular formula is C26H32N4O5S. The Kier molecular flexibility index (Phi) is 7.77. The van der Waals surface area contributed by atoms with E-state index < -0.39 is 10.0 Å². The first-order valence-electron chi connectivity index (χ1n) is 11.8. The number of hydrogen-bond acceptors (Lipinski definition) is 8. The van der Waals surface area contributed by atoms with Gasteiger partial charge < -0.3 is 19.1 Å². The number of aromatic nitrogens is 2. The molecule has 0 N–H and O–H groups in total. The van der Waals surface area contributed by atoms with Crippen LogP contribution in [0.1, 0.15) is 12.5 Å². The average molecular weight is 513 g/mol. The molecular weight excluding hydrogens is 480 g/mol. The van der Waals surface area contributed by atoms with Crippen molar-refractivity contribution >= 4 is 20.9 Å². The fourth-order valence-corrected chi connectivity index (χ4v) is 5.77. The smallest absolute Gasteiger partial charge is 0.243 e. The molecule has 3 aromatic rings. The van der Waals surface area contributed by atoms with Gasteiger partial charge in [-0.2, -0.15) is 4.31 Å². The van der Waals surface area contributed by atoms with Gasteiger partial charge in [-0.15, -0.1) is 6.58 Å². The first-order valence-corrected chi connectivity index (χ1v) is 13.2. The number of benzene rings is 2. The lowest BCUT2D eigenvalue weighted by molar-refractivity contribution is 0.222. The Labute approximate surface area is 212 Å². The van der Waals surface area contributed by atoms with E-state index in [1.54, 1.807) is 50.8 Å². The van der Waals surface area contributed by atoms with E-state index in [1.807, 2.05) is 14.0 Å². The van der Waals surface area contributed by atoms with Gasteiger partial charge in [0.25, 0.3) is 0 Å². The largest absolute Gasteiger partial charge is 0.496 e. The number of fused-ring (bicyclic) bond motifs is 1. The van der Waals surface area contributed by atoms with Crippen molar-refractivity contribution in [3.63, 3.8) is 0 Å². The van der Waals surface area contributed by atoms with E-state index in [1.165, 1.54) is 4.31 Å². The normalized spacial score (nSPS) is 15.1. The summed E-state index contributed by atoms with van der Waals surface area (Å²) in [6.45, 7) is 8.41. The molecule has 2 aromatic carbocycles. The molecule has 0 aliphatic carbocycles. The van der Waals surface area contributed by atoms with Crippen molar-refractivity contribution in [2.24, 2.45) is 0 Å². The second-order valence-electron chi connectivity index (χ2n) is 8.51. The summed E-state index contributed by atoms with van der Waals surface area (Å²) in [5, 5.41) is 0.720. The van der Waals surface area contributed by atoms with E-state index in [2.05, 4.69) is 16.5 Å². The van der Waals surface area contributed by atoms with Crippen LogP contribution in [0.3, 0.4) is 0 Å². The quantitative estimate of drug-likeness (QED) is 0.403. The number of nitrogens with zero attached hydrogens (tertiary/aromatic N) is 4. The molecule has 1 aromatic heterocycles. The number of rotatable bonds is 9. The molecule has 0 unspecified atom stereocenters. The van der Waals surface area contributed by atoms with Crippen LogP contribution >= 0.6 is 0 Å². The summed E-state index contributed by atoms with van der Waals surface area (Å²) in [5.41, 5.74) is 1.98. The van der Waals surface area contributed by atoms with Gasteiger partial charge in [0.15, 0.2) is 5.82 Å². The van der Waals surface area contributed by atoms with Crippen molar-refractivity contribution in [1.82, 2.24) is 19.2 Å². The maximum absolute atomic E-state index is 13.4. The highest BCUT2D eigenvalue weighted by molar-refractivity contribution is 7.89. The van der Waals surface area contributed by atoms with Crippen LogP contribution < -0.4 is 14.2 Å². The molecule has 4 rings (SSSR count). The molecule has 1 fully saturated rings. The molecule has 9 nitrogen and oxygen atoms in total. The van der Waals surface area contributed by atoms with Gasteiger partial charge in [-0.1, -0.05) is 6.08 Å². The van der Waals surface area contributed by atoms with Crippen LogP contribution in [0.4, 0.5) is 0 Å². The van der Waals surface area contributed by atoms with Crippen molar-refractivity contribution < 1.29 is 22.6 Å². The number of ether oxygens (including phenoxy) is 3. The Balaban J connectivity index is 1.88. The van der Waals surface area contributed by atoms with Gasteiger partial charge in [0.1, 0.15) is 17.2 Å². The van der Waals surface area contributed by atoms with Gasteiger partial charge in [-0.3, -0.25) is 0 Å². The molecule has 36 heavy (non-hydrogen) atoms. The van der Waals surface area contributed by atoms with E-state index in [0.29, 0.717) is 73.4 Å². The van der Waals surface area contributed by atoms with Gasteiger partial charge >= 0.3 is 0 Å². The van der Waals surface area contributed by atoms with Crippen LogP contribution in [0.15, 0.2) is 48.0 Å². The zero-order chi connectivity index (χ0) is 25.9. The minimum Gasteiger partial charge on any atom is -0.496 e. The fourth-order valence-electron chi connectivity index (χ4n) is 4.32. The Hall–Kier alpha value is -3.21. The second-order valence-corrected chi connectivity index (χ2v) is 10.4. The fraction of sp³-hybridized carbons (Fsp3) is 0.385. The number of allylic oxidation sites excluding steroid dienone is 1. The lowest BCUT2D eigenvalue weighted by Crippen LogP contribution is -2.47. The Bertz CT molecular complexity index is 1370. The van der Waals surface area contributed by atoms with Crippen LogP contribution in [0, 0.1) is 0 Å². The van der Waals surface area contributed by atoms with Crippen molar-refractivity contribution in [1.29, 1.82) is 0 Å². The predicted molar refractivity (Wildman–Crippen MR) is 139 cm³/mol. The van der Waals surface area contributed by atoms with Crippen molar-refractivity contribution in [2.45, 2.75) is 18.2 Å². The summed E-state index contributed by atoms with van der Waals surface area (Å²) in [5.74, 6) is 2.06. The summed E-state index contributed by atoms with van der Waals surface area (Å²) >= 11 is 0. The van der Waals surface area contributed by atoms with E-state index in [-0.39, 0.29) is 4.90 Å². The third kappa shape index (κ3) is 4.88. The Morgan fingerprint density at radius 3 is 2.42 bits per heavy atom. The predicted octanol–water partition coefficient (Wildman–Crippen LogP) is 3.38. The zero-order valence-corrected chi connectivity index (χ0v) is 22.0. The van der Waals surface area contributed by atoms with Gasteiger partial charge in [0.05, 0.1) is 42.2 Å². The zero-order valence-electron chi connectivity index (χ0n) is 21.2. The first kappa shape index (κ1) is 25.9. The number of hydrogen-bond donors (Lipinski definition) is 0. The maximum Gasteiger partial charge on any atom is 0.243 e. The minimum atomic E-state index is -3.69. The number of likely N-dealkylation sites (N-methyl/N-ethyl adjacent to an activating group) is 1. The molecule has 1 saturated heterocycles. The highest BCUT2D eigenvalue weighted by atomic mass is 32.2. The Morgan fingerprint density at radius 2 is 1.78 bits per heavy atom. The molecule has 0 bridgehead atoms. The highest BCUT2D eigenvalue weighted by Gasteiger charge is 2.29. The molecule has 10 heteroatoms. The second kappa shape index (κ2) is 10.8. The SMILES string of the molecule is C=CCc1c(OC)cc(OC)c2cnc(-c3cc(S(=O)(=O)N4CCN(C)CC4)ccc3OCC)nc12. The number of methoxy groups -OCH3 is 2. The lowest BCUT2D eigenvalue weighted by atomic mass is 10.0. The summed E-state index contributed by atoms with van der Waals surface area (Å²) < 4.78 is 45.4. The standard InChI is InChI=1S/C26H32N4O5S/c1-6-8-19-23(33-4)16-24(34-5)21-17-27-26(28-25(19)21)20-15-18(9-10-22(20)35-7-2)36(31,32)30-13-11-29(3)12-14-30/h6,9-10,15-17H,1,7-8,11-14H2,2-5H3. The topological polar surface area (TPSA) is 94.1 Å². The van der Waals surface area contributed by atoms with Gasteiger partial charge in [0, 0.05) is 44.0 Å². The molecule has 0 saturated carbocycles. The highest BCUT2D eigenvalue weighted by Crippen LogP contribution is 2.38. The molecule has 2 heterocycles. The maximum atomic E-state index is 13.4. The Morgan fingerprint density at radius 1 is 1.06 bits per heavy atom.